The number of ether oxygens (including phenoxy) is 2. The van der Waals surface area contributed by atoms with Gasteiger partial charge in [0.15, 0.2) is 5.41 Å². The smallest absolute Gasteiger partial charge is 0.333 e. The van der Waals surface area contributed by atoms with Gasteiger partial charge in [-0.3, -0.25) is 9.59 Å². The predicted molar refractivity (Wildman–Crippen MR) is 70.0 cm³/mol. The summed E-state index contributed by atoms with van der Waals surface area (Å²) in [6.07, 6.45) is 2.28. The van der Waals surface area contributed by atoms with E-state index in [1.54, 1.807) is 6.07 Å². The molecule has 0 bridgehead atoms. The van der Waals surface area contributed by atoms with Crippen molar-refractivity contribution >= 4 is 11.9 Å². The molecule has 1 heterocycles. The Morgan fingerprint density at radius 3 is 2.89 bits per heavy atom. The van der Waals surface area contributed by atoms with Crippen molar-refractivity contribution in [3.05, 3.63) is 42.0 Å². The summed E-state index contributed by atoms with van der Waals surface area (Å²) in [4.78, 5) is 24.1. The van der Waals surface area contributed by atoms with E-state index in [2.05, 4.69) is 6.58 Å². The van der Waals surface area contributed by atoms with Crippen molar-refractivity contribution in [2.75, 3.05) is 6.61 Å². The van der Waals surface area contributed by atoms with Crippen molar-refractivity contribution in [3.63, 3.8) is 0 Å². The van der Waals surface area contributed by atoms with Crippen LogP contribution in [0.2, 0.25) is 0 Å². The van der Waals surface area contributed by atoms with E-state index in [0.29, 0.717) is 11.3 Å². The summed E-state index contributed by atoms with van der Waals surface area (Å²) in [5.41, 5.74) is 0.231. The molecule has 0 saturated heterocycles. The first kappa shape index (κ1) is 13.3. The number of rotatable bonds is 4. The summed E-state index contributed by atoms with van der Waals surface area (Å²) in [6.45, 7) is 7.09. The minimum atomic E-state index is -1.39. The molecular weight excluding hydrogens is 244 g/mol. The molecule has 0 aromatic heterocycles. The highest BCUT2D eigenvalue weighted by Crippen LogP contribution is 2.41. The Balaban J connectivity index is 2.44. The molecule has 0 amide bonds. The normalized spacial score (nSPS) is 20.6. The maximum Gasteiger partial charge on any atom is 0.333 e. The molecule has 4 heteroatoms. The molecule has 1 aliphatic heterocycles. The molecule has 2 rings (SSSR count). The quantitative estimate of drug-likeness (QED) is 0.360. The molecule has 0 fully saturated rings. The third-order valence-corrected chi connectivity index (χ3v) is 3.34. The van der Waals surface area contributed by atoms with E-state index in [0.717, 1.165) is 12.0 Å². The maximum atomic E-state index is 12.1. The second-order valence-electron chi connectivity index (χ2n) is 4.59. The van der Waals surface area contributed by atoms with Crippen LogP contribution in [0, 0.1) is 0 Å². The van der Waals surface area contributed by atoms with Gasteiger partial charge in [0, 0.05) is 5.56 Å². The van der Waals surface area contributed by atoms with E-state index in [1.165, 1.54) is 13.0 Å². The van der Waals surface area contributed by atoms with Crippen LogP contribution in [0.4, 0.5) is 0 Å². The molecule has 0 unspecified atom stereocenters. The summed E-state index contributed by atoms with van der Waals surface area (Å²) in [5.74, 6) is -0.769. The monoisotopic (exact) mass is 260 g/mol. The Morgan fingerprint density at radius 1 is 1.53 bits per heavy atom. The molecule has 0 spiro atoms. The molecule has 19 heavy (non-hydrogen) atoms. The van der Waals surface area contributed by atoms with Crippen molar-refractivity contribution < 1.29 is 19.1 Å². The lowest BCUT2D eigenvalue weighted by Gasteiger charge is -2.18. The lowest BCUT2D eigenvalue weighted by molar-refractivity contribution is -0.156. The van der Waals surface area contributed by atoms with Crippen LogP contribution in [0.5, 0.6) is 5.75 Å². The van der Waals surface area contributed by atoms with E-state index in [1.807, 2.05) is 19.1 Å². The summed E-state index contributed by atoms with van der Waals surface area (Å²) < 4.78 is 10.2. The van der Waals surface area contributed by atoms with Gasteiger partial charge in [-0.05, 0) is 25.0 Å². The molecule has 0 radical (unpaired) electrons. The van der Waals surface area contributed by atoms with E-state index in [-0.39, 0.29) is 6.61 Å². The van der Waals surface area contributed by atoms with Gasteiger partial charge in [0.05, 0.1) is 0 Å². The van der Waals surface area contributed by atoms with Crippen molar-refractivity contribution in [3.8, 4) is 5.75 Å². The van der Waals surface area contributed by atoms with E-state index < -0.39 is 17.4 Å². The minimum Gasteiger partial charge on any atom is -0.460 e. The highest BCUT2D eigenvalue weighted by atomic mass is 16.6. The molecule has 0 aliphatic carbocycles. The maximum absolute atomic E-state index is 12.1. The number of esters is 2. The SMILES string of the molecule is C=CCOC(=O)[C@@]1(C)C(=O)Oc2ccc(CC)cc21. The summed E-state index contributed by atoms with van der Waals surface area (Å²) >= 11 is 0. The fraction of sp³-hybridized carbons (Fsp3) is 0.333. The number of carbonyl (C=O) groups excluding carboxylic acids is 2. The van der Waals surface area contributed by atoms with Gasteiger partial charge < -0.3 is 9.47 Å². The number of hydrogen-bond donors (Lipinski definition) is 0. The molecular formula is C15H16O4. The average molecular weight is 260 g/mol. The number of fused-ring (bicyclic) bond motifs is 1. The van der Waals surface area contributed by atoms with Crippen molar-refractivity contribution in [2.24, 2.45) is 0 Å². The average Bonchev–Trinajstić information content (AvgIpc) is 2.68. The van der Waals surface area contributed by atoms with Crippen molar-refractivity contribution in [1.29, 1.82) is 0 Å². The fourth-order valence-corrected chi connectivity index (χ4v) is 2.06. The van der Waals surface area contributed by atoms with Crippen LogP contribution < -0.4 is 4.74 Å². The zero-order valence-corrected chi connectivity index (χ0v) is 11.1. The standard InChI is InChI=1S/C15H16O4/c1-4-8-18-13(16)15(3)11-9-10(5-2)6-7-12(11)19-14(15)17/h4,6-7,9H,1,5,8H2,2-3H3/t15-/m0/s1. The van der Waals surface area contributed by atoms with Crippen LogP contribution in [-0.4, -0.2) is 18.5 Å². The fourth-order valence-electron chi connectivity index (χ4n) is 2.06. The second kappa shape index (κ2) is 4.88. The largest absolute Gasteiger partial charge is 0.460 e. The van der Waals surface area contributed by atoms with Crippen LogP contribution >= 0.6 is 0 Å². The van der Waals surface area contributed by atoms with Crippen LogP contribution in [-0.2, 0) is 26.2 Å². The summed E-state index contributed by atoms with van der Waals surface area (Å²) in [6, 6.07) is 5.43. The van der Waals surface area contributed by atoms with E-state index >= 15 is 0 Å². The van der Waals surface area contributed by atoms with Gasteiger partial charge in [-0.15, -0.1) is 0 Å². The number of benzene rings is 1. The third-order valence-electron chi connectivity index (χ3n) is 3.34. The van der Waals surface area contributed by atoms with Crippen molar-refractivity contribution in [1.82, 2.24) is 0 Å². The first-order chi connectivity index (χ1) is 9.03. The van der Waals surface area contributed by atoms with Crippen LogP contribution in [0.25, 0.3) is 0 Å². The van der Waals surface area contributed by atoms with Gasteiger partial charge >= 0.3 is 11.9 Å². The van der Waals surface area contributed by atoms with Gasteiger partial charge in [-0.1, -0.05) is 31.7 Å². The molecule has 100 valence electrons. The Hall–Kier alpha value is -2.10. The first-order valence-corrected chi connectivity index (χ1v) is 6.17. The lowest BCUT2D eigenvalue weighted by Crippen LogP contribution is -2.40. The Morgan fingerprint density at radius 2 is 2.26 bits per heavy atom. The second-order valence-corrected chi connectivity index (χ2v) is 4.59. The van der Waals surface area contributed by atoms with Gasteiger partial charge in [-0.25, -0.2) is 0 Å². The van der Waals surface area contributed by atoms with E-state index in [9.17, 15) is 9.59 Å². The zero-order chi connectivity index (χ0) is 14.0. The first-order valence-electron chi connectivity index (χ1n) is 6.17. The van der Waals surface area contributed by atoms with Gasteiger partial charge in [0.25, 0.3) is 0 Å². The highest BCUT2D eigenvalue weighted by Gasteiger charge is 2.52. The van der Waals surface area contributed by atoms with E-state index in [4.69, 9.17) is 9.47 Å². The highest BCUT2D eigenvalue weighted by molar-refractivity contribution is 6.09. The topological polar surface area (TPSA) is 52.6 Å². The molecule has 0 saturated carbocycles. The van der Waals surface area contributed by atoms with Crippen molar-refractivity contribution in [2.45, 2.75) is 25.7 Å². The van der Waals surface area contributed by atoms with Gasteiger partial charge in [0.1, 0.15) is 12.4 Å². The summed E-state index contributed by atoms with van der Waals surface area (Å²) in [7, 11) is 0. The third kappa shape index (κ3) is 2.03. The summed E-state index contributed by atoms with van der Waals surface area (Å²) in [5, 5.41) is 0. The van der Waals surface area contributed by atoms with Gasteiger partial charge in [0.2, 0.25) is 0 Å². The number of aryl methyl sites for hydroxylation is 1. The Labute approximate surface area is 112 Å². The predicted octanol–water partition coefficient (Wildman–Crippen LogP) is 2.15. The molecule has 4 nitrogen and oxygen atoms in total. The molecule has 1 aromatic carbocycles. The lowest BCUT2D eigenvalue weighted by atomic mass is 9.83. The number of carbonyl (C=O) groups is 2. The Bertz CT molecular complexity index is 547. The molecule has 1 aliphatic rings. The minimum absolute atomic E-state index is 0.0739. The molecule has 1 atom stereocenters. The zero-order valence-electron chi connectivity index (χ0n) is 11.1. The van der Waals surface area contributed by atoms with Crippen LogP contribution in [0.3, 0.4) is 0 Å². The van der Waals surface area contributed by atoms with Crippen LogP contribution in [0.1, 0.15) is 25.0 Å². The Kier molecular flexibility index (Phi) is 3.42. The van der Waals surface area contributed by atoms with Crippen LogP contribution in [0.15, 0.2) is 30.9 Å². The molecule has 0 N–H and O–H groups in total. The number of hydrogen-bond acceptors (Lipinski definition) is 4. The molecule has 1 aromatic rings. The van der Waals surface area contributed by atoms with Gasteiger partial charge in [-0.2, -0.15) is 0 Å².